The average Bonchev–Trinajstić information content (AvgIpc) is 2.88. The van der Waals surface area contributed by atoms with Crippen molar-refractivity contribution in [3.63, 3.8) is 0 Å². The van der Waals surface area contributed by atoms with E-state index in [2.05, 4.69) is 27.7 Å². The molecule has 1 saturated heterocycles. The van der Waals surface area contributed by atoms with Crippen molar-refractivity contribution in [2.75, 3.05) is 31.5 Å². The van der Waals surface area contributed by atoms with Gasteiger partial charge in [0.2, 0.25) is 5.91 Å². The molecule has 1 aromatic carbocycles. The molecule has 1 amide bonds. The maximum absolute atomic E-state index is 13.2. The van der Waals surface area contributed by atoms with Gasteiger partial charge in [-0.2, -0.15) is 13.2 Å². The molecule has 2 aliphatic heterocycles. The van der Waals surface area contributed by atoms with E-state index in [1.807, 2.05) is 0 Å². The molecule has 0 unspecified atom stereocenters. The Morgan fingerprint density at radius 1 is 1.22 bits per heavy atom. The highest BCUT2D eigenvalue weighted by Crippen LogP contribution is 2.31. The van der Waals surface area contributed by atoms with Crippen LogP contribution >= 0.6 is 0 Å². The van der Waals surface area contributed by atoms with Gasteiger partial charge in [-0.3, -0.25) is 9.59 Å². The van der Waals surface area contributed by atoms with Crippen molar-refractivity contribution in [2.24, 2.45) is 5.92 Å². The molecule has 0 aliphatic carbocycles. The van der Waals surface area contributed by atoms with E-state index in [-0.39, 0.29) is 17.4 Å². The van der Waals surface area contributed by atoms with Crippen LogP contribution in [0.4, 0.5) is 19.0 Å². The maximum atomic E-state index is 13.2. The van der Waals surface area contributed by atoms with Gasteiger partial charge in [-0.05, 0) is 80.9 Å². The van der Waals surface area contributed by atoms with Crippen LogP contribution in [0.1, 0.15) is 60.5 Å². The van der Waals surface area contributed by atoms with Gasteiger partial charge in [-0.25, -0.2) is 4.98 Å². The Balaban J connectivity index is 1.32. The lowest BCUT2D eigenvalue weighted by molar-refractivity contribution is -0.138. The Hall–Kier alpha value is -3.14. The second-order valence-corrected chi connectivity index (χ2v) is 9.87. The average molecular weight is 519 g/mol. The number of nitrogens with one attached hydrogen (secondary N) is 2. The molecule has 10 heteroatoms. The van der Waals surface area contributed by atoms with E-state index in [4.69, 9.17) is 4.98 Å². The number of halogens is 3. The number of likely N-dealkylation sites (tertiary alicyclic amines) is 1. The Bertz CT molecular complexity index is 1110. The van der Waals surface area contributed by atoms with Crippen LogP contribution < -0.4 is 10.6 Å². The fourth-order valence-electron chi connectivity index (χ4n) is 5.11. The lowest BCUT2D eigenvalue weighted by Crippen LogP contribution is -2.44. The second-order valence-electron chi connectivity index (χ2n) is 9.87. The maximum Gasteiger partial charge on any atom is 0.416 e. The minimum absolute atomic E-state index is 0.130. The standard InChI is InChI=1S/C27H33F3N4O3/c28-27(29,30)21-8-1-5-19(15-21)23(16-24(35)36)33-26(37)20-7-3-13-34(17-20)14-4-9-22-11-10-18-6-2-12-31-25(18)32-22/h1,5,8,10-11,15,20,23H,2-4,6-7,9,12-14,16-17H2,(H,31,32)(H,33,37)(H,35,36)/t20-,23-/m1/s1. The quantitative estimate of drug-likeness (QED) is 0.455. The summed E-state index contributed by atoms with van der Waals surface area (Å²) in [6, 6.07) is 7.67. The smallest absolute Gasteiger partial charge is 0.416 e. The van der Waals surface area contributed by atoms with Gasteiger partial charge in [-0.15, -0.1) is 0 Å². The summed E-state index contributed by atoms with van der Waals surface area (Å²) in [5.41, 5.74) is 1.55. The zero-order valence-corrected chi connectivity index (χ0v) is 20.7. The van der Waals surface area contributed by atoms with Crippen molar-refractivity contribution in [1.82, 2.24) is 15.2 Å². The molecule has 0 bridgehead atoms. The van der Waals surface area contributed by atoms with E-state index in [1.165, 1.54) is 17.7 Å². The van der Waals surface area contributed by atoms with Gasteiger partial charge in [0, 0.05) is 18.8 Å². The molecular formula is C27H33F3N4O3. The van der Waals surface area contributed by atoms with Crippen LogP contribution in [-0.2, 0) is 28.6 Å². The minimum Gasteiger partial charge on any atom is -0.481 e. The molecule has 200 valence electrons. The number of anilines is 1. The molecule has 2 aliphatic rings. The van der Waals surface area contributed by atoms with Gasteiger partial charge in [0.05, 0.1) is 23.9 Å². The third kappa shape index (κ3) is 7.44. The molecule has 1 fully saturated rings. The number of carbonyl (C=O) groups is 2. The van der Waals surface area contributed by atoms with E-state index >= 15 is 0 Å². The molecule has 3 heterocycles. The fraction of sp³-hybridized carbons (Fsp3) is 0.519. The number of alkyl halides is 3. The number of piperidine rings is 1. The number of aryl methyl sites for hydroxylation is 2. The van der Waals surface area contributed by atoms with Gasteiger partial charge >= 0.3 is 12.1 Å². The number of hydrogen-bond donors (Lipinski definition) is 3. The number of aliphatic carboxylic acids is 1. The summed E-state index contributed by atoms with van der Waals surface area (Å²) in [6.07, 6.45) is 0.331. The predicted octanol–water partition coefficient (Wildman–Crippen LogP) is 4.44. The summed E-state index contributed by atoms with van der Waals surface area (Å²) >= 11 is 0. The monoisotopic (exact) mass is 518 g/mol. The number of carboxylic acids is 1. The largest absolute Gasteiger partial charge is 0.481 e. The number of carbonyl (C=O) groups excluding carboxylic acids is 1. The van der Waals surface area contributed by atoms with Crippen molar-refractivity contribution in [3.05, 3.63) is 58.8 Å². The molecule has 37 heavy (non-hydrogen) atoms. The topological polar surface area (TPSA) is 94.6 Å². The molecule has 3 N–H and O–H groups in total. The van der Waals surface area contributed by atoms with Crippen LogP contribution in [0.5, 0.6) is 0 Å². The minimum atomic E-state index is -4.55. The Labute approximate surface area is 214 Å². The summed E-state index contributed by atoms with van der Waals surface area (Å²) in [4.78, 5) is 31.4. The summed E-state index contributed by atoms with van der Waals surface area (Å²) in [5.74, 6) is -0.883. The molecule has 7 nitrogen and oxygen atoms in total. The normalized spacial score (nSPS) is 18.9. The third-order valence-corrected chi connectivity index (χ3v) is 7.05. The number of fused-ring (bicyclic) bond motifs is 1. The second kappa shape index (κ2) is 11.9. The van der Waals surface area contributed by atoms with Crippen molar-refractivity contribution in [2.45, 2.75) is 57.2 Å². The van der Waals surface area contributed by atoms with Crippen molar-refractivity contribution >= 4 is 17.7 Å². The van der Waals surface area contributed by atoms with E-state index in [1.54, 1.807) is 0 Å². The molecule has 4 rings (SSSR count). The van der Waals surface area contributed by atoms with E-state index in [9.17, 15) is 27.9 Å². The lowest BCUT2D eigenvalue weighted by Gasteiger charge is -2.33. The number of hydrogen-bond acceptors (Lipinski definition) is 5. The first-order chi connectivity index (χ1) is 17.7. The molecule has 2 atom stereocenters. The Morgan fingerprint density at radius 3 is 2.84 bits per heavy atom. The van der Waals surface area contributed by atoms with Gasteiger partial charge in [0.25, 0.3) is 0 Å². The number of benzene rings is 1. The number of pyridine rings is 1. The van der Waals surface area contributed by atoms with Crippen LogP contribution in [0, 0.1) is 5.92 Å². The third-order valence-electron chi connectivity index (χ3n) is 7.05. The Kier molecular flexibility index (Phi) is 8.68. The van der Waals surface area contributed by atoms with Gasteiger partial charge in [0.1, 0.15) is 5.82 Å². The number of nitrogens with zero attached hydrogens (tertiary/aromatic N) is 2. The highest BCUT2D eigenvalue weighted by Gasteiger charge is 2.32. The molecular weight excluding hydrogens is 485 g/mol. The first-order valence-electron chi connectivity index (χ1n) is 12.8. The molecule has 1 aromatic heterocycles. The number of carboxylic acid groups (broad SMARTS) is 1. The van der Waals surface area contributed by atoms with Gasteiger partial charge in [0.15, 0.2) is 0 Å². The van der Waals surface area contributed by atoms with Crippen LogP contribution in [0.25, 0.3) is 0 Å². The summed E-state index contributed by atoms with van der Waals surface area (Å²) in [7, 11) is 0. The first kappa shape index (κ1) is 26.9. The highest BCUT2D eigenvalue weighted by atomic mass is 19.4. The predicted molar refractivity (Wildman–Crippen MR) is 133 cm³/mol. The molecule has 0 spiro atoms. The zero-order chi connectivity index (χ0) is 26.4. The van der Waals surface area contributed by atoms with Gasteiger partial charge < -0.3 is 20.6 Å². The highest BCUT2D eigenvalue weighted by molar-refractivity contribution is 5.80. The number of amides is 1. The zero-order valence-electron chi connectivity index (χ0n) is 20.7. The van der Waals surface area contributed by atoms with Crippen LogP contribution in [0.3, 0.4) is 0 Å². The van der Waals surface area contributed by atoms with E-state index < -0.39 is 30.2 Å². The number of rotatable bonds is 9. The van der Waals surface area contributed by atoms with Crippen molar-refractivity contribution in [3.8, 4) is 0 Å². The fourth-order valence-corrected chi connectivity index (χ4v) is 5.11. The summed E-state index contributed by atoms with van der Waals surface area (Å²) in [6.45, 7) is 3.16. The van der Waals surface area contributed by atoms with Crippen LogP contribution in [0.2, 0.25) is 0 Å². The SMILES string of the molecule is O=C(O)C[C@@H](NC(=O)[C@@H]1CCCN(CCCc2ccc3c(n2)NCCC3)C1)c1cccc(C(F)(F)F)c1. The number of aromatic nitrogens is 1. The molecule has 2 aromatic rings. The van der Waals surface area contributed by atoms with Gasteiger partial charge in [-0.1, -0.05) is 18.2 Å². The molecule has 0 saturated carbocycles. The van der Waals surface area contributed by atoms with Crippen molar-refractivity contribution < 1.29 is 27.9 Å². The first-order valence-corrected chi connectivity index (χ1v) is 12.8. The van der Waals surface area contributed by atoms with Crippen LogP contribution in [-0.4, -0.2) is 53.0 Å². The molecule has 0 radical (unpaired) electrons. The van der Waals surface area contributed by atoms with Crippen LogP contribution in [0.15, 0.2) is 36.4 Å². The van der Waals surface area contributed by atoms with Crippen molar-refractivity contribution in [1.29, 1.82) is 0 Å². The lowest BCUT2D eigenvalue weighted by atomic mass is 9.95. The van der Waals surface area contributed by atoms with E-state index in [0.717, 1.165) is 75.4 Å². The Morgan fingerprint density at radius 2 is 2.05 bits per heavy atom. The summed E-state index contributed by atoms with van der Waals surface area (Å²) < 4.78 is 39.5. The summed E-state index contributed by atoms with van der Waals surface area (Å²) in [5, 5.41) is 15.4. The van der Waals surface area contributed by atoms with E-state index in [0.29, 0.717) is 13.0 Å².